The Balaban J connectivity index is 1.70. The highest BCUT2D eigenvalue weighted by molar-refractivity contribution is 5.82. The highest BCUT2D eigenvalue weighted by atomic mass is 19.1. The van der Waals surface area contributed by atoms with Crippen LogP contribution < -0.4 is 10.4 Å². The maximum Gasteiger partial charge on any atom is 0.328 e. The zero-order valence-electron chi connectivity index (χ0n) is 17.8. The molecule has 5 aromatic rings. The predicted molar refractivity (Wildman–Crippen MR) is 121 cm³/mol. The smallest absolute Gasteiger partial charge is 0.328 e. The van der Waals surface area contributed by atoms with Gasteiger partial charge in [0, 0.05) is 26.2 Å². The van der Waals surface area contributed by atoms with Gasteiger partial charge in [-0.1, -0.05) is 18.2 Å². The van der Waals surface area contributed by atoms with Gasteiger partial charge in [0.2, 0.25) is 0 Å². The molecular weight excluding hydrogens is 411 g/mol. The van der Waals surface area contributed by atoms with Crippen molar-refractivity contribution < 1.29 is 14.2 Å². The van der Waals surface area contributed by atoms with Crippen LogP contribution in [0.25, 0.3) is 33.5 Å². The Morgan fingerprint density at radius 3 is 2.53 bits per heavy atom. The van der Waals surface area contributed by atoms with Crippen LogP contribution in [-0.4, -0.2) is 30.9 Å². The molecule has 0 saturated heterocycles. The minimum atomic E-state index is -0.779. The summed E-state index contributed by atoms with van der Waals surface area (Å²) in [6, 6.07) is 16.4. The van der Waals surface area contributed by atoms with Crippen LogP contribution in [0.2, 0.25) is 0 Å². The van der Waals surface area contributed by atoms with E-state index >= 15 is 0 Å². The number of halogens is 1. The quantitative estimate of drug-likeness (QED) is 0.469. The Kier molecular flexibility index (Phi) is 4.51. The van der Waals surface area contributed by atoms with E-state index in [1.165, 1.54) is 13.2 Å². The molecule has 5 rings (SSSR count). The molecule has 0 atom stereocenters. The number of rotatable bonds is 4. The van der Waals surface area contributed by atoms with Gasteiger partial charge in [-0.15, -0.1) is 0 Å². The highest BCUT2D eigenvalue weighted by Crippen LogP contribution is 2.35. The van der Waals surface area contributed by atoms with Gasteiger partial charge in [-0.3, -0.25) is 9.13 Å². The lowest BCUT2D eigenvalue weighted by Gasteiger charge is -2.12. The lowest BCUT2D eigenvalue weighted by molar-refractivity contribution is 0.357. The number of benzene rings is 3. The van der Waals surface area contributed by atoms with Crippen LogP contribution in [-0.2, 0) is 20.6 Å². The fraction of sp³-hybridized carbons (Fsp3) is 0.167. The molecule has 0 spiro atoms. The first kappa shape index (κ1) is 19.9. The molecule has 0 aliphatic rings. The second-order valence-electron chi connectivity index (χ2n) is 7.74. The number of aromatic hydroxyl groups is 1. The second-order valence-corrected chi connectivity index (χ2v) is 7.74. The average molecular weight is 432 g/mol. The number of aromatic nitrogens is 4. The van der Waals surface area contributed by atoms with E-state index in [1.807, 2.05) is 47.0 Å². The molecule has 2 heterocycles. The average Bonchev–Trinajstić information content (AvgIpc) is 3.26. The number of fused-ring (bicyclic) bond motifs is 2. The number of para-hydroxylation sites is 2. The van der Waals surface area contributed by atoms with Crippen molar-refractivity contribution in [1.82, 2.24) is 18.7 Å². The predicted octanol–water partition coefficient (Wildman–Crippen LogP) is 3.80. The Labute approximate surface area is 182 Å². The van der Waals surface area contributed by atoms with E-state index in [1.54, 1.807) is 29.3 Å². The van der Waals surface area contributed by atoms with Crippen molar-refractivity contribution in [2.24, 2.45) is 14.1 Å². The van der Waals surface area contributed by atoms with Crippen LogP contribution in [0, 0.1) is 5.82 Å². The summed E-state index contributed by atoms with van der Waals surface area (Å²) in [5, 5.41) is 9.91. The molecule has 0 unspecified atom stereocenters. The molecule has 32 heavy (non-hydrogen) atoms. The number of phenols is 1. The lowest BCUT2D eigenvalue weighted by Crippen LogP contribution is -2.19. The molecule has 0 saturated carbocycles. The number of nitrogens with zero attached hydrogens (tertiary/aromatic N) is 4. The largest absolute Gasteiger partial charge is 0.502 e. The third-order valence-corrected chi connectivity index (χ3v) is 5.84. The lowest BCUT2D eigenvalue weighted by atomic mass is 10.1. The van der Waals surface area contributed by atoms with Gasteiger partial charge in [-0.25, -0.2) is 14.2 Å². The Hall–Kier alpha value is -4.07. The number of imidazole rings is 2. The number of hydrogen-bond donors (Lipinski definition) is 1. The van der Waals surface area contributed by atoms with Crippen molar-refractivity contribution >= 4 is 22.1 Å². The molecule has 3 aromatic carbocycles. The maximum atomic E-state index is 14.4. The van der Waals surface area contributed by atoms with Gasteiger partial charge in [-0.05, 0) is 42.0 Å². The minimum Gasteiger partial charge on any atom is -0.502 e. The standard InChI is InChI=1S/C24H21FN4O3/c1-27-19-9-8-14(10-20(19)28(2)24(27)31)13-29-18-7-5-4-6-17(18)26-23(29)15-11-16(25)22(30)21(12-15)32-3/h4-12,30H,13H2,1-3H3. The molecule has 8 heteroatoms. The van der Waals surface area contributed by atoms with Crippen LogP contribution in [0.1, 0.15) is 5.56 Å². The van der Waals surface area contributed by atoms with E-state index in [-0.39, 0.29) is 11.4 Å². The monoisotopic (exact) mass is 432 g/mol. The van der Waals surface area contributed by atoms with Crippen LogP contribution in [0.3, 0.4) is 0 Å². The number of hydrogen-bond acceptors (Lipinski definition) is 4. The number of aryl methyl sites for hydroxylation is 2. The number of ether oxygens (including phenoxy) is 1. The van der Waals surface area contributed by atoms with Crippen LogP contribution in [0.15, 0.2) is 59.4 Å². The van der Waals surface area contributed by atoms with Gasteiger partial charge >= 0.3 is 5.69 Å². The zero-order valence-corrected chi connectivity index (χ0v) is 17.8. The summed E-state index contributed by atoms with van der Waals surface area (Å²) < 4.78 is 24.7. The van der Waals surface area contributed by atoms with Gasteiger partial charge < -0.3 is 14.4 Å². The summed E-state index contributed by atoms with van der Waals surface area (Å²) in [7, 11) is 4.87. The van der Waals surface area contributed by atoms with E-state index in [0.717, 1.165) is 27.6 Å². The van der Waals surface area contributed by atoms with E-state index in [0.29, 0.717) is 17.9 Å². The molecule has 0 aliphatic heterocycles. The molecule has 7 nitrogen and oxygen atoms in total. The zero-order chi connectivity index (χ0) is 22.6. The van der Waals surface area contributed by atoms with Gasteiger partial charge in [-0.2, -0.15) is 0 Å². The summed E-state index contributed by atoms with van der Waals surface area (Å²) in [6.07, 6.45) is 0. The SMILES string of the molecule is COc1cc(-c2nc3ccccc3n2Cc2ccc3c(c2)n(C)c(=O)n3C)cc(F)c1O. The van der Waals surface area contributed by atoms with Crippen LogP contribution in [0.4, 0.5) is 4.39 Å². The third kappa shape index (κ3) is 2.95. The Morgan fingerprint density at radius 2 is 1.75 bits per heavy atom. The van der Waals surface area contributed by atoms with Gasteiger partial charge in [0.15, 0.2) is 17.3 Å². The van der Waals surface area contributed by atoms with Crippen molar-refractivity contribution in [2.75, 3.05) is 7.11 Å². The van der Waals surface area contributed by atoms with Gasteiger partial charge in [0.05, 0.1) is 29.2 Å². The molecule has 0 bridgehead atoms. The van der Waals surface area contributed by atoms with Crippen molar-refractivity contribution in [3.63, 3.8) is 0 Å². The topological polar surface area (TPSA) is 74.2 Å². The van der Waals surface area contributed by atoms with E-state index in [4.69, 9.17) is 9.72 Å². The van der Waals surface area contributed by atoms with Gasteiger partial charge in [0.25, 0.3) is 0 Å². The fourth-order valence-corrected chi connectivity index (χ4v) is 4.15. The van der Waals surface area contributed by atoms with E-state index in [2.05, 4.69) is 0 Å². The van der Waals surface area contributed by atoms with Crippen molar-refractivity contribution in [2.45, 2.75) is 6.54 Å². The van der Waals surface area contributed by atoms with Crippen molar-refractivity contribution in [3.8, 4) is 22.9 Å². The van der Waals surface area contributed by atoms with E-state index < -0.39 is 11.6 Å². The normalized spacial score (nSPS) is 11.5. The third-order valence-electron chi connectivity index (χ3n) is 5.84. The Bertz CT molecular complexity index is 1560. The molecule has 0 aliphatic carbocycles. The Morgan fingerprint density at radius 1 is 1.00 bits per heavy atom. The van der Waals surface area contributed by atoms with Crippen LogP contribution >= 0.6 is 0 Å². The minimum absolute atomic E-state index is 0.0410. The number of methoxy groups -OCH3 is 1. The summed E-state index contributed by atoms with van der Waals surface area (Å²) in [4.78, 5) is 17.0. The van der Waals surface area contributed by atoms with Crippen molar-refractivity contribution in [3.05, 3.63) is 76.5 Å². The molecule has 2 aromatic heterocycles. The second kappa shape index (κ2) is 7.26. The summed E-state index contributed by atoms with van der Waals surface area (Å²) in [6.45, 7) is 0.458. The summed E-state index contributed by atoms with van der Waals surface area (Å²) >= 11 is 0. The number of phenolic OH excluding ortho intramolecular Hbond substituents is 1. The molecule has 0 fully saturated rings. The van der Waals surface area contributed by atoms with Gasteiger partial charge in [0.1, 0.15) is 5.82 Å². The first-order valence-electron chi connectivity index (χ1n) is 10.1. The molecular formula is C24H21FN4O3. The van der Waals surface area contributed by atoms with E-state index in [9.17, 15) is 14.3 Å². The molecule has 0 radical (unpaired) electrons. The summed E-state index contributed by atoms with van der Waals surface area (Å²) in [5.41, 5.74) is 4.70. The maximum absolute atomic E-state index is 14.4. The first-order valence-corrected chi connectivity index (χ1v) is 10.1. The van der Waals surface area contributed by atoms with Crippen LogP contribution in [0.5, 0.6) is 11.5 Å². The molecule has 1 N–H and O–H groups in total. The highest BCUT2D eigenvalue weighted by Gasteiger charge is 2.18. The fourth-order valence-electron chi connectivity index (χ4n) is 4.15. The summed E-state index contributed by atoms with van der Waals surface area (Å²) in [5.74, 6) is -0.724. The molecule has 162 valence electrons. The van der Waals surface area contributed by atoms with Crippen molar-refractivity contribution in [1.29, 1.82) is 0 Å². The first-order chi connectivity index (χ1) is 15.4. The molecule has 0 amide bonds.